The molecule has 0 spiro atoms. The normalized spacial score (nSPS) is 17.7. The lowest BCUT2D eigenvalue weighted by Gasteiger charge is -2.28. The molecule has 3 rings (SSSR count). The summed E-state index contributed by atoms with van der Waals surface area (Å²) < 4.78 is 1.62. The van der Waals surface area contributed by atoms with Gasteiger partial charge in [0.05, 0.1) is 0 Å². The molecule has 0 amide bonds. The van der Waals surface area contributed by atoms with E-state index in [4.69, 9.17) is 0 Å². The molecule has 0 bridgehead atoms. The fourth-order valence-corrected chi connectivity index (χ4v) is 3.25. The van der Waals surface area contributed by atoms with Crippen molar-refractivity contribution in [2.75, 3.05) is 19.6 Å². The van der Waals surface area contributed by atoms with Crippen LogP contribution in [0, 0.1) is 10.1 Å². The summed E-state index contributed by atoms with van der Waals surface area (Å²) in [7, 11) is 0. The zero-order chi connectivity index (χ0) is 15.5. The minimum absolute atomic E-state index is 0.0406. The zero-order valence-electron chi connectivity index (χ0n) is 12.5. The monoisotopic (exact) mass is 303 g/mol. The minimum atomic E-state index is -0.604. The van der Waals surface area contributed by atoms with Gasteiger partial charge in [0.25, 0.3) is 0 Å². The standard InChI is InChI=1S/C16H21N3O3/c20-14(11-17-8-4-1-5-9-17)12-18-15-7-3-2-6-13(15)10-16(18)19(21)22/h2-3,6-7,10,14,20H,1,4-5,8-9,11-12H2. The molecule has 0 saturated carbocycles. The third kappa shape index (κ3) is 3.13. The molecule has 1 aliphatic heterocycles. The van der Waals surface area contributed by atoms with Gasteiger partial charge in [0.1, 0.15) is 18.2 Å². The highest BCUT2D eigenvalue weighted by Crippen LogP contribution is 2.25. The Labute approximate surface area is 129 Å². The molecule has 6 heteroatoms. The SMILES string of the molecule is O=[N+]([O-])c1cc2ccccc2n1CC(O)CN1CCCCC1. The van der Waals surface area contributed by atoms with Gasteiger partial charge in [-0.2, -0.15) is 0 Å². The number of rotatable bonds is 5. The third-order valence-electron chi connectivity index (χ3n) is 4.29. The summed E-state index contributed by atoms with van der Waals surface area (Å²) in [4.78, 5) is 13.1. The second-order valence-corrected chi connectivity index (χ2v) is 5.94. The van der Waals surface area contributed by atoms with Crippen molar-refractivity contribution in [1.82, 2.24) is 9.47 Å². The number of nitro groups is 1. The van der Waals surface area contributed by atoms with Crippen LogP contribution < -0.4 is 0 Å². The van der Waals surface area contributed by atoms with Crippen LogP contribution in [0.25, 0.3) is 10.9 Å². The highest BCUT2D eigenvalue weighted by Gasteiger charge is 2.23. The van der Waals surface area contributed by atoms with Crippen molar-refractivity contribution >= 4 is 16.7 Å². The number of aliphatic hydroxyl groups excluding tert-OH is 1. The number of hydrogen-bond acceptors (Lipinski definition) is 4. The van der Waals surface area contributed by atoms with E-state index in [1.165, 1.54) is 19.3 Å². The molecular weight excluding hydrogens is 282 g/mol. The average molecular weight is 303 g/mol. The minimum Gasteiger partial charge on any atom is -0.388 e. The Hall–Kier alpha value is -1.92. The summed E-state index contributed by atoms with van der Waals surface area (Å²) in [6, 6.07) is 9.01. The molecule has 0 radical (unpaired) electrons. The first-order chi connectivity index (χ1) is 10.6. The molecule has 1 atom stereocenters. The van der Waals surface area contributed by atoms with Crippen molar-refractivity contribution in [2.45, 2.75) is 31.9 Å². The lowest BCUT2D eigenvalue weighted by Crippen LogP contribution is -2.38. The molecule has 6 nitrogen and oxygen atoms in total. The van der Waals surface area contributed by atoms with Crippen LogP contribution in [0.3, 0.4) is 0 Å². The Balaban J connectivity index is 1.79. The van der Waals surface area contributed by atoms with Gasteiger partial charge in [0.15, 0.2) is 0 Å². The molecule has 118 valence electrons. The molecule has 1 N–H and O–H groups in total. The lowest BCUT2D eigenvalue weighted by atomic mass is 10.1. The maximum atomic E-state index is 11.3. The van der Waals surface area contributed by atoms with Crippen LogP contribution in [0.4, 0.5) is 5.82 Å². The van der Waals surface area contributed by atoms with Crippen molar-refractivity contribution in [3.63, 3.8) is 0 Å². The molecule has 2 heterocycles. The number of para-hydroxylation sites is 1. The number of β-amino-alcohol motifs (C(OH)–C–C–N with tert-alkyl or cyclic N) is 1. The van der Waals surface area contributed by atoms with Crippen LogP contribution >= 0.6 is 0 Å². The zero-order valence-corrected chi connectivity index (χ0v) is 12.5. The predicted octanol–water partition coefficient (Wildman–Crippen LogP) is 2.40. The number of aliphatic hydroxyl groups is 1. The van der Waals surface area contributed by atoms with E-state index >= 15 is 0 Å². The summed E-state index contributed by atoms with van der Waals surface area (Å²) in [5, 5.41) is 22.4. The number of piperidine rings is 1. The number of hydrogen-bond donors (Lipinski definition) is 1. The Bertz CT molecular complexity index is 662. The van der Waals surface area contributed by atoms with Gasteiger partial charge in [0.2, 0.25) is 0 Å². The topological polar surface area (TPSA) is 71.5 Å². The van der Waals surface area contributed by atoms with Gasteiger partial charge < -0.3 is 20.1 Å². The Morgan fingerprint density at radius 1 is 1.18 bits per heavy atom. The van der Waals surface area contributed by atoms with Gasteiger partial charge in [-0.25, -0.2) is 4.57 Å². The Morgan fingerprint density at radius 2 is 1.91 bits per heavy atom. The highest BCUT2D eigenvalue weighted by molar-refractivity contribution is 5.83. The van der Waals surface area contributed by atoms with E-state index < -0.39 is 6.10 Å². The van der Waals surface area contributed by atoms with Crippen LogP contribution in [0.5, 0.6) is 0 Å². The van der Waals surface area contributed by atoms with E-state index in [9.17, 15) is 15.2 Å². The summed E-state index contributed by atoms with van der Waals surface area (Å²) in [6.07, 6.45) is 2.98. The van der Waals surface area contributed by atoms with E-state index in [-0.39, 0.29) is 17.3 Å². The number of aromatic nitrogens is 1. The second kappa shape index (κ2) is 6.46. The molecule has 1 unspecified atom stereocenters. The first-order valence-corrected chi connectivity index (χ1v) is 7.78. The smallest absolute Gasteiger partial charge is 0.324 e. The maximum absolute atomic E-state index is 11.3. The van der Waals surface area contributed by atoms with E-state index in [1.54, 1.807) is 10.6 Å². The van der Waals surface area contributed by atoms with E-state index in [0.29, 0.717) is 6.54 Å². The van der Waals surface area contributed by atoms with Gasteiger partial charge in [-0.05, 0) is 36.9 Å². The molecule has 1 aromatic carbocycles. The highest BCUT2D eigenvalue weighted by atomic mass is 16.6. The van der Waals surface area contributed by atoms with Crippen molar-refractivity contribution in [3.8, 4) is 0 Å². The van der Waals surface area contributed by atoms with Crippen LogP contribution in [0.1, 0.15) is 19.3 Å². The Kier molecular flexibility index (Phi) is 4.40. The first kappa shape index (κ1) is 15.0. The van der Waals surface area contributed by atoms with E-state index in [2.05, 4.69) is 4.90 Å². The largest absolute Gasteiger partial charge is 0.388 e. The second-order valence-electron chi connectivity index (χ2n) is 5.94. The summed E-state index contributed by atoms with van der Waals surface area (Å²) in [5.41, 5.74) is 0.798. The van der Waals surface area contributed by atoms with E-state index in [1.807, 2.05) is 24.3 Å². The Morgan fingerprint density at radius 3 is 2.64 bits per heavy atom. The number of benzene rings is 1. The molecule has 2 aromatic rings. The fraction of sp³-hybridized carbons (Fsp3) is 0.500. The number of fused-ring (bicyclic) bond motifs is 1. The molecule has 22 heavy (non-hydrogen) atoms. The molecule has 1 fully saturated rings. The fourth-order valence-electron chi connectivity index (χ4n) is 3.25. The molecule has 0 aliphatic carbocycles. The predicted molar refractivity (Wildman–Crippen MR) is 84.9 cm³/mol. The van der Waals surface area contributed by atoms with Crippen molar-refractivity contribution in [2.24, 2.45) is 0 Å². The van der Waals surface area contributed by atoms with Crippen LogP contribution in [-0.4, -0.2) is 45.2 Å². The maximum Gasteiger partial charge on any atom is 0.324 e. The first-order valence-electron chi connectivity index (χ1n) is 7.78. The third-order valence-corrected chi connectivity index (χ3v) is 4.29. The van der Waals surface area contributed by atoms with Gasteiger partial charge in [-0.1, -0.05) is 24.6 Å². The molecule has 1 aliphatic rings. The molecule has 1 aromatic heterocycles. The van der Waals surface area contributed by atoms with Gasteiger partial charge >= 0.3 is 5.82 Å². The molecule has 1 saturated heterocycles. The van der Waals surface area contributed by atoms with E-state index in [0.717, 1.165) is 24.0 Å². The van der Waals surface area contributed by atoms with Gasteiger partial charge in [0, 0.05) is 18.0 Å². The van der Waals surface area contributed by atoms with Crippen LogP contribution in [-0.2, 0) is 6.54 Å². The van der Waals surface area contributed by atoms with Gasteiger partial charge in [-0.3, -0.25) is 0 Å². The number of nitrogens with zero attached hydrogens (tertiary/aromatic N) is 3. The quantitative estimate of drug-likeness (QED) is 0.680. The molecular formula is C16H21N3O3. The summed E-state index contributed by atoms with van der Waals surface area (Å²) in [6.45, 7) is 2.83. The lowest BCUT2D eigenvalue weighted by molar-refractivity contribution is -0.392. The van der Waals surface area contributed by atoms with Crippen LogP contribution in [0.15, 0.2) is 30.3 Å². The van der Waals surface area contributed by atoms with Crippen molar-refractivity contribution in [1.29, 1.82) is 0 Å². The van der Waals surface area contributed by atoms with Crippen molar-refractivity contribution in [3.05, 3.63) is 40.4 Å². The summed E-state index contributed by atoms with van der Waals surface area (Å²) in [5.74, 6) is 0.0406. The van der Waals surface area contributed by atoms with Crippen molar-refractivity contribution < 1.29 is 10.0 Å². The van der Waals surface area contributed by atoms with Crippen LogP contribution in [0.2, 0.25) is 0 Å². The number of likely N-dealkylation sites (tertiary alicyclic amines) is 1. The average Bonchev–Trinajstić information content (AvgIpc) is 2.87. The van der Waals surface area contributed by atoms with Gasteiger partial charge in [-0.15, -0.1) is 0 Å². The summed E-state index contributed by atoms with van der Waals surface area (Å²) >= 11 is 0.